The molecule has 3 nitrogen and oxygen atoms in total. The van der Waals surface area contributed by atoms with Gasteiger partial charge in [0.05, 0.1) is 0 Å². The van der Waals surface area contributed by atoms with Crippen LogP contribution >= 0.6 is 12.2 Å². The minimum Gasteiger partial charge on any atom is -0.389 e. The van der Waals surface area contributed by atoms with Crippen molar-refractivity contribution in [2.45, 2.75) is 46.7 Å². The van der Waals surface area contributed by atoms with Gasteiger partial charge in [-0.1, -0.05) is 18.3 Å². The van der Waals surface area contributed by atoms with Crippen molar-refractivity contribution in [2.75, 3.05) is 18.4 Å². The van der Waals surface area contributed by atoms with E-state index < -0.39 is 0 Å². The molecule has 1 aromatic rings. The second kappa shape index (κ2) is 7.60. The van der Waals surface area contributed by atoms with Gasteiger partial charge in [0, 0.05) is 36.4 Å². The van der Waals surface area contributed by atoms with Crippen LogP contribution in [0.2, 0.25) is 0 Å². The minimum atomic E-state index is 0.442. The highest BCUT2D eigenvalue weighted by molar-refractivity contribution is 7.80. The van der Waals surface area contributed by atoms with Crippen LogP contribution in [0, 0.1) is 6.92 Å². The molecule has 0 heterocycles. The fourth-order valence-corrected chi connectivity index (χ4v) is 2.63. The Labute approximate surface area is 128 Å². The molecule has 0 aliphatic heterocycles. The molecule has 0 aromatic heterocycles. The Morgan fingerprint density at radius 2 is 1.85 bits per heavy atom. The Morgan fingerprint density at radius 3 is 2.35 bits per heavy atom. The molecule has 0 fully saturated rings. The second-order valence-electron chi connectivity index (χ2n) is 5.77. The van der Waals surface area contributed by atoms with Crippen molar-refractivity contribution in [3.8, 4) is 0 Å². The van der Waals surface area contributed by atoms with Crippen molar-refractivity contribution >= 4 is 22.9 Å². The monoisotopic (exact) mass is 293 g/mol. The molecule has 0 bridgehead atoms. The first-order chi connectivity index (χ1) is 9.32. The van der Waals surface area contributed by atoms with E-state index >= 15 is 0 Å². The summed E-state index contributed by atoms with van der Waals surface area (Å²) in [6.45, 7) is 12.9. The first-order valence-electron chi connectivity index (χ1n) is 7.23. The van der Waals surface area contributed by atoms with Crippen molar-refractivity contribution in [1.29, 1.82) is 0 Å². The Morgan fingerprint density at radius 1 is 1.25 bits per heavy atom. The van der Waals surface area contributed by atoms with Crippen LogP contribution in [0.3, 0.4) is 0 Å². The van der Waals surface area contributed by atoms with E-state index in [1.807, 2.05) is 12.1 Å². The largest absolute Gasteiger partial charge is 0.389 e. The molecule has 0 saturated heterocycles. The van der Waals surface area contributed by atoms with Crippen LogP contribution < -0.4 is 11.1 Å². The number of hydrogen-bond acceptors (Lipinski definition) is 3. The lowest BCUT2D eigenvalue weighted by Gasteiger charge is -2.30. The molecule has 0 spiro atoms. The highest BCUT2D eigenvalue weighted by Crippen LogP contribution is 2.17. The van der Waals surface area contributed by atoms with Gasteiger partial charge in [-0.05, 0) is 52.3 Å². The summed E-state index contributed by atoms with van der Waals surface area (Å²) in [6, 6.07) is 7.22. The maximum atomic E-state index is 5.77. The summed E-state index contributed by atoms with van der Waals surface area (Å²) in [6.07, 6.45) is 0. The predicted octanol–water partition coefficient (Wildman–Crippen LogP) is 3.16. The molecule has 0 aliphatic carbocycles. The smallest absolute Gasteiger partial charge is 0.106 e. The Hall–Kier alpha value is -1.13. The molecule has 3 N–H and O–H groups in total. The van der Waals surface area contributed by atoms with Crippen LogP contribution in [0.1, 0.15) is 38.8 Å². The molecule has 0 unspecified atom stereocenters. The van der Waals surface area contributed by atoms with Crippen molar-refractivity contribution in [3.63, 3.8) is 0 Å². The molecule has 20 heavy (non-hydrogen) atoms. The van der Waals surface area contributed by atoms with Gasteiger partial charge in [-0.2, -0.15) is 0 Å². The molecule has 0 saturated carbocycles. The third-order valence-electron chi connectivity index (χ3n) is 3.45. The quantitative estimate of drug-likeness (QED) is 0.758. The van der Waals surface area contributed by atoms with Crippen LogP contribution in [0.5, 0.6) is 0 Å². The van der Waals surface area contributed by atoms with Crippen LogP contribution in [-0.2, 0) is 0 Å². The first kappa shape index (κ1) is 16.9. The lowest BCUT2D eigenvalue weighted by molar-refractivity contribution is 0.182. The number of nitrogens with zero attached hydrogens (tertiary/aromatic N) is 1. The number of thiocarbonyl (C=S) groups is 1. The van der Waals surface area contributed by atoms with Gasteiger partial charge in [0.15, 0.2) is 0 Å². The maximum absolute atomic E-state index is 5.77. The molecule has 4 heteroatoms. The van der Waals surface area contributed by atoms with Crippen molar-refractivity contribution < 1.29 is 0 Å². The zero-order chi connectivity index (χ0) is 15.3. The molecule has 1 aromatic carbocycles. The number of benzene rings is 1. The van der Waals surface area contributed by atoms with Gasteiger partial charge in [0.2, 0.25) is 0 Å². The average molecular weight is 293 g/mol. The molecule has 0 atom stereocenters. The third kappa shape index (κ3) is 4.76. The van der Waals surface area contributed by atoms with E-state index in [-0.39, 0.29) is 0 Å². The van der Waals surface area contributed by atoms with Crippen molar-refractivity contribution in [1.82, 2.24) is 4.90 Å². The highest BCUT2D eigenvalue weighted by Gasteiger charge is 2.13. The van der Waals surface area contributed by atoms with Gasteiger partial charge < -0.3 is 11.1 Å². The number of hydrogen-bond donors (Lipinski definition) is 2. The van der Waals surface area contributed by atoms with Crippen molar-refractivity contribution in [2.24, 2.45) is 5.73 Å². The van der Waals surface area contributed by atoms with Crippen LogP contribution in [0.25, 0.3) is 0 Å². The predicted molar refractivity (Wildman–Crippen MR) is 92.5 cm³/mol. The molecule has 1 rings (SSSR count). The number of anilines is 1. The van der Waals surface area contributed by atoms with E-state index in [0.717, 1.165) is 24.3 Å². The van der Waals surface area contributed by atoms with E-state index in [1.165, 1.54) is 5.56 Å². The Balaban J connectivity index is 2.70. The van der Waals surface area contributed by atoms with Gasteiger partial charge in [-0.15, -0.1) is 0 Å². The average Bonchev–Trinajstić information content (AvgIpc) is 2.33. The first-order valence-corrected chi connectivity index (χ1v) is 7.63. The Bertz CT molecular complexity index is 447. The summed E-state index contributed by atoms with van der Waals surface area (Å²) < 4.78 is 0. The lowest BCUT2D eigenvalue weighted by Crippen LogP contribution is -2.40. The summed E-state index contributed by atoms with van der Waals surface area (Å²) in [4.78, 5) is 2.90. The maximum Gasteiger partial charge on any atom is 0.106 e. The summed E-state index contributed by atoms with van der Waals surface area (Å²) in [5, 5.41) is 3.47. The number of nitrogens with two attached hydrogens (primary N) is 1. The van der Waals surface area contributed by atoms with E-state index in [1.54, 1.807) is 0 Å². The van der Waals surface area contributed by atoms with Gasteiger partial charge in [0.25, 0.3) is 0 Å². The van der Waals surface area contributed by atoms with E-state index in [9.17, 15) is 0 Å². The van der Waals surface area contributed by atoms with Crippen LogP contribution in [0.15, 0.2) is 18.2 Å². The lowest BCUT2D eigenvalue weighted by atomic mass is 10.1. The molecule has 112 valence electrons. The summed E-state index contributed by atoms with van der Waals surface area (Å²) >= 11 is 5.11. The third-order valence-corrected chi connectivity index (χ3v) is 3.67. The number of aryl methyl sites for hydroxylation is 1. The van der Waals surface area contributed by atoms with E-state index in [2.05, 4.69) is 50.9 Å². The molecule has 0 aliphatic rings. The van der Waals surface area contributed by atoms with Gasteiger partial charge in [-0.3, -0.25) is 4.90 Å². The number of nitrogens with one attached hydrogen (secondary N) is 1. The topological polar surface area (TPSA) is 41.3 Å². The molecular weight excluding hydrogens is 266 g/mol. The van der Waals surface area contributed by atoms with E-state index in [0.29, 0.717) is 17.1 Å². The molecular formula is C16H27N3S. The zero-order valence-electron chi connectivity index (χ0n) is 13.2. The summed E-state index contributed by atoms with van der Waals surface area (Å²) in [7, 11) is 0. The molecule has 0 amide bonds. The summed E-state index contributed by atoms with van der Waals surface area (Å²) in [5.74, 6) is 0. The highest BCUT2D eigenvalue weighted by atomic mass is 32.1. The standard InChI is InChI=1S/C16H27N3S/c1-11(2)19(12(3)4)9-8-18-15-10-13(5)6-7-14(15)16(17)20/h6-7,10-12,18H,8-9H2,1-5H3,(H2,17,20). The van der Waals surface area contributed by atoms with Gasteiger partial charge in [0.1, 0.15) is 4.99 Å². The second-order valence-corrected chi connectivity index (χ2v) is 6.21. The normalized spacial score (nSPS) is 11.4. The van der Waals surface area contributed by atoms with Gasteiger partial charge >= 0.3 is 0 Å². The van der Waals surface area contributed by atoms with Crippen LogP contribution in [-0.4, -0.2) is 35.1 Å². The van der Waals surface area contributed by atoms with Gasteiger partial charge in [-0.25, -0.2) is 0 Å². The number of rotatable bonds is 7. The van der Waals surface area contributed by atoms with Crippen molar-refractivity contribution in [3.05, 3.63) is 29.3 Å². The zero-order valence-corrected chi connectivity index (χ0v) is 14.1. The minimum absolute atomic E-state index is 0.442. The van der Waals surface area contributed by atoms with Crippen LogP contribution in [0.4, 0.5) is 5.69 Å². The van der Waals surface area contributed by atoms with E-state index in [4.69, 9.17) is 18.0 Å². The fraction of sp³-hybridized carbons (Fsp3) is 0.562. The fourth-order valence-electron chi connectivity index (χ4n) is 2.45. The SMILES string of the molecule is Cc1ccc(C(N)=S)c(NCCN(C(C)C)C(C)C)c1. The molecule has 0 radical (unpaired) electrons. The summed E-state index contributed by atoms with van der Waals surface area (Å²) in [5.41, 5.74) is 8.93. The Kier molecular flexibility index (Phi) is 6.43.